The van der Waals surface area contributed by atoms with Crippen molar-refractivity contribution in [1.29, 1.82) is 0 Å². The number of ether oxygens (including phenoxy) is 1. The predicted molar refractivity (Wildman–Crippen MR) is 100 cm³/mol. The van der Waals surface area contributed by atoms with Crippen LogP contribution in [0.5, 0.6) is 0 Å². The smallest absolute Gasteiger partial charge is 0.303 e. The van der Waals surface area contributed by atoms with Crippen LogP contribution in [0.3, 0.4) is 0 Å². The molecule has 3 N–H and O–H groups in total. The standard InChI is InChI=1S/C20H38O5/c1-2-3-11-14-18(25-17-20(23)24)15-12-9-7-5-4-6-8-10-13-16-19(21)22/h9,12,18,20,23-24H,2-8,10-11,13-17H2,1H3,(H,21,22)/b12-9+. The van der Waals surface area contributed by atoms with E-state index in [0.29, 0.717) is 0 Å². The van der Waals surface area contributed by atoms with Crippen molar-refractivity contribution >= 4 is 5.97 Å². The highest BCUT2D eigenvalue weighted by Gasteiger charge is 2.09. The largest absolute Gasteiger partial charge is 0.481 e. The van der Waals surface area contributed by atoms with Crippen LogP contribution in [-0.2, 0) is 9.53 Å². The molecule has 0 saturated carbocycles. The van der Waals surface area contributed by atoms with Crippen molar-refractivity contribution in [3.8, 4) is 0 Å². The molecule has 0 radical (unpaired) electrons. The molecular formula is C20H38O5. The van der Waals surface area contributed by atoms with Gasteiger partial charge in [-0.05, 0) is 32.1 Å². The van der Waals surface area contributed by atoms with Gasteiger partial charge in [0, 0.05) is 6.42 Å². The Morgan fingerprint density at radius 3 is 2.28 bits per heavy atom. The summed E-state index contributed by atoms with van der Waals surface area (Å²) in [5.41, 5.74) is 0. The number of hydrogen-bond acceptors (Lipinski definition) is 4. The normalized spacial score (nSPS) is 13.0. The van der Waals surface area contributed by atoms with Crippen LogP contribution >= 0.6 is 0 Å². The molecule has 0 rings (SSSR count). The summed E-state index contributed by atoms with van der Waals surface area (Å²) in [6.45, 7) is 2.14. The first-order valence-corrected chi connectivity index (χ1v) is 9.90. The Hall–Kier alpha value is -0.910. The third-order valence-electron chi connectivity index (χ3n) is 4.19. The topological polar surface area (TPSA) is 87.0 Å². The number of carboxylic acids is 1. The zero-order chi connectivity index (χ0) is 18.8. The van der Waals surface area contributed by atoms with Crippen molar-refractivity contribution < 1.29 is 24.9 Å². The second kappa shape index (κ2) is 17.9. The second-order valence-corrected chi connectivity index (χ2v) is 6.69. The zero-order valence-corrected chi connectivity index (χ0v) is 15.9. The van der Waals surface area contributed by atoms with E-state index in [-0.39, 0.29) is 19.1 Å². The molecule has 0 aromatic rings. The molecule has 1 atom stereocenters. The Labute approximate surface area is 153 Å². The molecule has 0 spiro atoms. The maximum absolute atomic E-state index is 10.4. The van der Waals surface area contributed by atoms with E-state index in [1.165, 1.54) is 25.7 Å². The number of aliphatic hydroxyl groups is 2. The quantitative estimate of drug-likeness (QED) is 0.192. The Kier molecular flexibility index (Phi) is 17.2. The van der Waals surface area contributed by atoms with E-state index >= 15 is 0 Å². The fourth-order valence-corrected chi connectivity index (χ4v) is 2.72. The van der Waals surface area contributed by atoms with Crippen LogP contribution in [-0.4, -0.2) is 40.3 Å². The molecule has 0 aliphatic heterocycles. The molecule has 25 heavy (non-hydrogen) atoms. The maximum Gasteiger partial charge on any atom is 0.303 e. The van der Waals surface area contributed by atoms with Crippen LogP contribution in [0.4, 0.5) is 0 Å². The molecule has 5 heteroatoms. The van der Waals surface area contributed by atoms with Crippen LogP contribution in [0, 0.1) is 0 Å². The van der Waals surface area contributed by atoms with Gasteiger partial charge in [0.2, 0.25) is 0 Å². The molecule has 0 saturated heterocycles. The van der Waals surface area contributed by atoms with Gasteiger partial charge in [-0.2, -0.15) is 0 Å². The number of unbranched alkanes of at least 4 members (excludes halogenated alkanes) is 8. The molecule has 0 aromatic heterocycles. The first-order chi connectivity index (χ1) is 12.1. The number of carbonyl (C=O) groups is 1. The average molecular weight is 359 g/mol. The lowest BCUT2D eigenvalue weighted by molar-refractivity contribution is -0.137. The fraction of sp³-hybridized carbons (Fsp3) is 0.850. The molecule has 0 aromatic carbocycles. The highest BCUT2D eigenvalue weighted by Crippen LogP contribution is 2.13. The molecule has 1 unspecified atom stereocenters. The van der Waals surface area contributed by atoms with Crippen LogP contribution < -0.4 is 0 Å². The van der Waals surface area contributed by atoms with Crippen molar-refractivity contribution in [2.45, 2.75) is 103 Å². The molecule has 0 aliphatic carbocycles. The number of rotatable bonds is 18. The summed E-state index contributed by atoms with van der Waals surface area (Å²) < 4.78 is 5.56. The molecule has 0 bridgehead atoms. The second-order valence-electron chi connectivity index (χ2n) is 6.69. The van der Waals surface area contributed by atoms with Gasteiger partial charge in [-0.15, -0.1) is 0 Å². The Bertz CT molecular complexity index is 328. The molecule has 5 nitrogen and oxygen atoms in total. The minimum atomic E-state index is -1.40. The summed E-state index contributed by atoms with van der Waals surface area (Å²) in [5.74, 6) is -0.699. The van der Waals surface area contributed by atoms with Crippen molar-refractivity contribution in [3.63, 3.8) is 0 Å². The summed E-state index contributed by atoms with van der Waals surface area (Å²) in [6.07, 6.45) is 16.0. The number of carboxylic acid groups (broad SMARTS) is 1. The first kappa shape index (κ1) is 24.1. The highest BCUT2D eigenvalue weighted by molar-refractivity contribution is 5.66. The number of allylic oxidation sites excluding steroid dienone is 1. The van der Waals surface area contributed by atoms with E-state index in [9.17, 15) is 4.79 Å². The van der Waals surface area contributed by atoms with Gasteiger partial charge in [0.25, 0.3) is 0 Å². The molecule has 0 heterocycles. The summed E-state index contributed by atoms with van der Waals surface area (Å²) in [4.78, 5) is 10.4. The van der Waals surface area contributed by atoms with Gasteiger partial charge in [0.15, 0.2) is 6.29 Å². The lowest BCUT2D eigenvalue weighted by Gasteiger charge is -2.17. The summed E-state index contributed by atoms with van der Waals surface area (Å²) in [5, 5.41) is 26.4. The predicted octanol–water partition coefficient (Wildman–Crippen LogP) is 4.41. The van der Waals surface area contributed by atoms with Gasteiger partial charge in [-0.25, -0.2) is 0 Å². The van der Waals surface area contributed by atoms with Gasteiger partial charge in [0.1, 0.15) is 0 Å². The lowest BCUT2D eigenvalue weighted by Crippen LogP contribution is -2.21. The van der Waals surface area contributed by atoms with Gasteiger partial charge in [0.05, 0.1) is 12.7 Å². The Morgan fingerprint density at radius 2 is 1.64 bits per heavy atom. The molecular weight excluding hydrogens is 320 g/mol. The van der Waals surface area contributed by atoms with Gasteiger partial charge < -0.3 is 20.1 Å². The van der Waals surface area contributed by atoms with Crippen molar-refractivity contribution in [2.75, 3.05) is 6.61 Å². The van der Waals surface area contributed by atoms with E-state index in [1.54, 1.807) is 0 Å². The Morgan fingerprint density at radius 1 is 0.960 bits per heavy atom. The van der Waals surface area contributed by atoms with E-state index in [1.807, 2.05) is 0 Å². The first-order valence-electron chi connectivity index (χ1n) is 9.90. The molecule has 0 fully saturated rings. The number of aliphatic hydroxyl groups excluding tert-OH is 1. The maximum atomic E-state index is 10.4. The van der Waals surface area contributed by atoms with E-state index in [0.717, 1.165) is 51.4 Å². The minimum absolute atomic E-state index is 0.0213. The van der Waals surface area contributed by atoms with E-state index in [2.05, 4.69) is 19.1 Å². The third kappa shape index (κ3) is 19.3. The highest BCUT2D eigenvalue weighted by atomic mass is 16.5. The van der Waals surface area contributed by atoms with Crippen LogP contribution in [0.15, 0.2) is 12.2 Å². The zero-order valence-electron chi connectivity index (χ0n) is 15.9. The minimum Gasteiger partial charge on any atom is -0.481 e. The monoisotopic (exact) mass is 358 g/mol. The lowest BCUT2D eigenvalue weighted by atomic mass is 10.1. The summed E-state index contributed by atoms with van der Waals surface area (Å²) in [7, 11) is 0. The molecule has 0 amide bonds. The van der Waals surface area contributed by atoms with E-state index < -0.39 is 12.3 Å². The van der Waals surface area contributed by atoms with Gasteiger partial charge in [-0.3, -0.25) is 4.79 Å². The summed E-state index contributed by atoms with van der Waals surface area (Å²) >= 11 is 0. The van der Waals surface area contributed by atoms with Gasteiger partial charge >= 0.3 is 5.97 Å². The molecule has 148 valence electrons. The van der Waals surface area contributed by atoms with E-state index in [4.69, 9.17) is 20.1 Å². The number of aliphatic carboxylic acids is 1. The SMILES string of the molecule is CCCCCC(C/C=C/CCCCCCCCC(=O)O)OCC(O)O. The van der Waals surface area contributed by atoms with Crippen LogP contribution in [0.2, 0.25) is 0 Å². The number of hydrogen-bond donors (Lipinski definition) is 3. The van der Waals surface area contributed by atoms with Gasteiger partial charge in [-0.1, -0.05) is 64.0 Å². The Balaban J connectivity index is 3.65. The van der Waals surface area contributed by atoms with Crippen molar-refractivity contribution in [3.05, 3.63) is 12.2 Å². The summed E-state index contributed by atoms with van der Waals surface area (Å²) in [6, 6.07) is 0. The third-order valence-corrected chi connectivity index (χ3v) is 4.19. The van der Waals surface area contributed by atoms with Crippen LogP contribution in [0.25, 0.3) is 0 Å². The van der Waals surface area contributed by atoms with Crippen molar-refractivity contribution in [2.24, 2.45) is 0 Å². The average Bonchev–Trinajstić information content (AvgIpc) is 2.56. The van der Waals surface area contributed by atoms with Crippen molar-refractivity contribution in [1.82, 2.24) is 0 Å². The van der Waals surface area contributed by atoms with Crippen LogP contribution in [0.1, 0.15) is 90.4 Å². The fourth-order valence-electron chi connectivity index (χ4n) is 2.72. The molecule has 0 aliphatic rings.